The molecule has 0 aromatic heterocycles. The third-order valence-corrected chi connectivity index (χ3v) is 6.80. The van der Waals surface area contributed by atoms with Gasteiger partial charge in [0, 0.05) is 23.7 Å². The molecule has 1 heterocycles. The molecule has 1 fully saturated rings. The molecule has 0 aliphatic carbocycles. The fourth-order valence-corrected chi connectivity index (χ4v) is 4.58. The molecule has 36 heavy (non-hydrogen) atoms. The number of rotatable bonds is 6. The number of esters is 1. The van der Waals surface area contributed by atoms with Crippen LogP contribution in [0.4, 0.5) is 0 Å². The smallest absolute Gasteiger partial charge is 0.340 e. The molecule has 2 aromatic rings. The predicted molar refractivity (Wildman–Crippen MR) is 143 cm³/mol. The van der Waals surface area contributed by atoms with Crippen LogP contribution in [0.3, 0.4) is 0 Å². The molecule has 1 saturated heterocycles. The Kier molecular flexibility index (Phi) is 9.07. The lowest BCUT2D eigenvalue weighted by atomic mass is 9.89. The van der Waals surface area contributed by atoms with Crippen molar-refractivity contribution in [3.63, 3.8) is 0 Å². The van der Waals surface area contributed by atoms with Gasteiger partial charge in [-0.2, -0.15) is 0 Å². The number of halogens is 2. The zero-order valence-corrected chi connectivity index (χ0v) is 22.9. The average molecular weight is 533 g/mol. The van der Waals surface area contributed by atoms with Gasteiger partial charge < -0.3 is 15.0 Å². The quantitative estimate of drug-likeness (QED) is 0.455. The van der Waals surface area contributed by atoms with Crippen molar-refractivity contribution in [3.05, 3.63) is 69.2 Å². The lowest BCUT2D eigenvalue weighted by Gasteiger charge is -2.35. The number of hydrogen-bond donors (Lipinski definition) is 1. The summed E-state index contributed by atoms with van der Waals surface area (Å²) in [7, 11) is 0. The monoisotopic (exact) mass is 532 g/mol. The van der Waals surface area contributed by atoms with Gasteiger partial charge in [0.2, 0.25) is 5.91 Å². The summed E-state index contributed by atoms with van der Waals surface area (Å²) in [6, 6.07) is 11.6. The first kappa shape index (κ1) is 28.0. The molecule has 2 amide bonds. The van der Waals surface area contributed by atoms with Gasteiger partial charge in [0.05, 0.1) is 10.6 Å². The Morgan fingerprint density at radius 1 is 1.00 bits per heavy atom. The molecular weight excluding hydrogens is 499 g/mol. The third kappa shape index (κ3) is 7.23. The number of hydrogen-bond acceptors (Lipinski definition) is 4. The van der Waals surface area contributed by atoms with Gasteiger partial charge in [0.1, 0.15) is 11.6 Å². The Balaban J connectivity index is 1.68. The van der Waals surface area contributed by atoms with Crippen LogP contribution in [-0.2, 0) is 9.53 Å². The maximum atomic E-state index is 13.4. The van der Waals surface area contributed by atoms with Gasteiger partial charge in [-0.25, -0.2) is 4.79 Å². The van der Waals surface area contributed by atoms with E-state index >= 15 is 0 Å². The van der Waals surface area contributed by atoms with Gasteiger partial charge in [0.15, 0.2) is 0 Å². The third-order valence-electron chi connectivity index (χ3n) is 6.21. The minimum Gasteiger partial charge on any atom is -0.456 e. The van der Waals surface area contributed by atoms with Gasteiger partial charge in [0.25, 0.3) is 5.91 Å². The van der Waals surface area contributed by atoms with E-state index in [9.17, 15) is 14.4 Å². The Morgan fingerprint density at radius 2 is 1.61 bits per heavy atom. The number of nitrogens with zero attached hydrogens (tertiary/aromatic N) is 1. The molecule has 1 aliphatic heterocycles. The van der Waals surface area contributed by atoms with Crippen LogP contribution in [0.2, 0.25) is 10.0 Å². The number of benzene rings is 2. The molecular formula is C28H34Cl2N2O4. The predicted octanol–water partition coefficient (Wildman–Crippen LogP) is 6.11. The van der Waals surface area contributed by atoms with E-state index in [4.69, 9.17) is 27.9 Å². The molecule has 3 rings (SSSR count). The van der Waals surface area contributed by atoms with E-state index in [2.05, 4.69) is 5.32 Å². The highest BCUT2D eigenvalue weighted by molar-refractivity contribution is 6.33. The van der Waals surface area contributed by atoms with E-state index in [-0.39, 0.29) is 28.0 Å². The van der Waals surface area contributed by atoms with Crippen molar-refractivity contribution in [3.8, 4) is 0 Å². The Bertz CT molecular complexity index is 1100. The second kappa shape index (κ2) is 11.7. The molecule has 0 saturated carbocycles. The largest absolute Gasteiger partial charge is 0.456 e. The molecule has 1 aliphatic rings. The van der Waals surface area contributed by atoms with E-state index in [1.165, 1.54) is 23.8 Å². The first-order valence-corrected chi connectivity index (χ1v) is 13.0. The minimum atomic E-state index is -0.700. The first-order chi connectivity index (χ1) is 16.9. The molecule has 0 unspecified atom stereocenters. The molecule has 8 heteroatoms. The summed E-state index contributed by atoms with van der Waals surface area (Å²) < 4.78 is 5.40. The maximum absolute atomic E-state index is 13.4. The van der Waals surface area contributed by atoms with Gasteiger partial charge in [-0.05, 0) is 81.3 Å². The lowest BCUT2D eigenvalue weighted by molar-refractivity contribution is -0.135. The second-order valence-electron chi connectivity index (χ2n) is 10.5. The normalized spacial score (nSPS) is 15.5. The molecule has 1 atom stereocenters. The Hall–Kier alpha value is -2.57. The van der Waals surface area contributed by atoms with Crippen LogP contribution in [0.5, 0.6) is 0 Å². The van der Waals surface area contributed by atoms with Crippen LogP contribution < -0.4 is 5.32 Å². The summed E-state index contributed by atoms with van der Waals surface area (Å²) in [6.07, 6.45) is 1.70. The van der Waals surface area contributed by atoms with Gasteiger partial charge in [-0.1, -0.05) is 49.2 Å². The molecule has 0 bridgehead atoms. The summed E-state index contributed by atoms with van der Waals surface area (Å²) >= 11 is 12.2. The number of carbonyl (C=O) groups excluding carboxylic acids is 3. The second-order valence-corrected chi connectivity index (χ2v) is 11.4. The summed E-state index contributed by atoms with van der Waals surface area (Å²) in [6.45, 7) is 10.3. The summed E-state index contributed by atoms with van der Waals surface area (Å²) in [5, 5.41) is 3.78. The van der Waals surface area contributed by atoms with Crippen molar-refractivity contribution in [2.24, 2.45) is 5.92 Å². The van der Waals surface area contributed by atoms with Crippen LogP contribution in [0.1, 0.15) is 79.7 Å². The standard InChI is InChI=1S/C28H34Cl2N2O4/c1-17(2)24(26(34)32-14-12-19(13-15-32)18-6-9-21(29)10-7-18)31-25(33)20-8-11-23(30)22(16-20)27(35)36-28(3,4)5/h6-11,16-17,19,24H,12-15H2,1-5H3,(H,31,33)/t24-/m1/s1. The zero-order valence-electron chi connectivity index (χ0n) is 21.4. The highest BCUT2D eigenvalue weighted by Crippen LogP contribution is 2.29. The summed E-state index contributed by atoms with van der Waals surface area (Å²) in [4.78, 5) is 40.8. The number of amides is 2. The Labute approximate surface area is 223 Å². The van der Waals surface area contributed by atoms with Crippen LogP contribution >= 0.6 is 23.2 Å². The maximum Gasteiger partial charge on any atom is 0.340 e. The van der Waals surface area contributed by atoms with Crippen LogP contribution in [0, 0.1) is 5.92 Å². The number of ether oxygens (including phenoxy) is 1. The molecule has 1 N–H and O–H groups in total. The summed E-state index contributed by atoms with van der Waals surface area (Å²) in [5.41, 5.74) is 0.870. The van der Waals surface area contributed by atoms with Crippen molar-refractivity contribution in [1.29, 1.82) is 0 Å². The van der Waals surface area contributed by atoms with Gasteiger partial charge >= 0.3 is 5.97 Å². The van der Waals surface area contributed by atoms with E-state index in [0.717, 1.165) is 12.8 Å². The summed E-state index contributed by atoms with van der Waals surface area (Å²) in [5.74, 6) is -0.900. The number of piperidine rings is 1. The molecule has 0 radical (unpaired) electrons. The highest BCUT2D eigenvalue weighted by atomic mass is 35.5. The highest BCUT2D eigenvalue weighted by Gasteiger charge is 2.32. The van der Waals surface area contributed by atoms with Gasteiger partial charge in [-0.3, -0.25) is 9.59 Å². The number of likely N-dealkylation sites (tertiary alicyclic amines) is 1. The van der Waals surface area contributed by atoms with Gasteiger partial charge in [-0.15, -0.1) is 0 Å². The van der Waals surface area contributed by atoms with Crippen molar-refractivity contribution in [1.82, 2.24) is 10.2 Å². The Morgan fingerprint density at radius 3 is 2.17 bits per heavy atom. The topological polar surface area (TPSA) is 75.7 Å². The molecule has 2 aromatic carbocycles. The molecule has 194 valence electrons. The lowest BCUT2D eigenvalue weighted by Crippen LogP contribution is -2.52. The fourth-order valence-electron chi connectivity index (χ4n) is 4.26. The van der Waals surface area contributed by atoms with Crippen molar-refractivity contribution in [2.45, 2.75) is 65.0 Å². The number of carbonyl (C=O) groups is 3. The van der Waals surface area contributed by atoms with E-state index in [1.807, 2.05) is 43.0 Å². The number of nitrogens with one attached hydrogen (secondary N) is 1. The van der Waals surface area contributed by atoms with Crippen molar-refractivity contribution >= 4 is 41.0 Å². The molecule has 6 nitrogen and oxygen atoms in total. The van der Waals surface area contributed by atoms with Crippen molar-refractivity contribution < 1.29 is 19.1 Å². The SMILES string of the molecule is CC(C)[C@@H](NC(=O)c1ccc(Cl)c(C(=O)OC(C)(C)C)c1)C(=O)N1CCC(c2ccc(Cl)cc2)CC1. The zero-order chi connectivity index (χ0) is 26.6. The van der Waals surface area contributed by atoms with E-state index < -0.39 is 23.5 Å². The molecule has 0 spiro atoms. The van der Waals surface area contributed by atoms with Crippen LogP contribution in [0.25, 0.3) is 0 Å². The van der Waals surface area contributed by atoms with E-state index in [0.29, 0.717) is 24.0 Å². The van der Waals surface area contributed by atoms with E-state index in [1.54, 1.807) is 20.8 Å². The van der Waals surface area contributed by atoms with Crippen molar-refractivity contribution in [2.75, 3.05) is 13.1 Å². The average Bonchev–Trinajstić information content (AvgIpc) is 2.81. The fraction of sp³-hybridized carbons (Fsp3) is 0.464. The first-order valence-electron chi connectivity index (χ1n) is 12.2. The minimum absolute atomic E-state index is 0.103. The van der Waals surface area contributed by atoms with Crippen LogP contribution in [0.15, 0.2) is 42.5 Å². The van der Waals surface area contributed by atoms with Crippen LogP contribution in [-0.4, -0.2) is 47.4 Å².